The summed E-state index contributed by atoms with van der Waals surface area (Å²) >= 11 is 0. The van der Waals surface area contributed by atoms with Gasteiger partial charge in [-0.2, -0.15) is 13.2 Å². The highest BCUT2D eigenvalue weighted by Gasteiger charge is 2.34. The van der Waals surface area contributed by atoms with Crippen molar-refractivity contribution in [3.05, 3.63) is 35.1 Å². The molecule has 96 valence electrons. The summed E-state index contributed by atoms with van der Waals surface area (Å²) in [6.07, 6.45) is -4.81. The molecule has 17 heavy (non-hydrogen) atoms. The van der Waals surface area contributed by atoms with Gasteiger partial charge in [0.15, 0.2) is 0 Å². The minimum atomic E-state index is -4.56. The van der Waals surface area contributed by atoms with Gasteiger partial charge in [0, 0.05) is 5.54 Å². The number of benzene rings is 1. The Kier molecular flexibility index (Phi) is 3.78. The van der Waals surface area contributed by atoms with Gasteiger partial charge >= 0.3 is 6.18 Å². The van der Waals surface area contributed by atoms with Gasteiger partial charge in [0.05, 0.1) is 12.2 Å². The molecule has 1 rings (SSSR count). The molecular formula is C11H13F4NO. The van der Waals surface area contributed by atoms with Crippen molar-refractivity contribution in [2.24, 2.45) is 5.73 Å². The fourth-order valence-corrected chi connectivity index (χ4v) is 1.48. The Bertz CT molecular complexity index is 401. The number of hydrogen-bond acceptors (Lipinski definition) is 2. The van der Waals surface area contributed by atoms with E-state index in [4.69, 9.17) is 10.8 Å². The van der Waals surface area contributed by atoms with E-state index in [0.717, 1.165) is 12.1 Å². The van der Waals surface area contributed by atoms with Crippen LogP contribution >= 0.6 is 0 Å². The van der Waals surface area contributed by atoms with Crippen molar-refractivity contribution >= 4 is 0 Å². The molecule has 0 fully saturated rings. The molecule has 0 aliphatic carbocycles. The van der Waals surface area contributed by atoms with Gasteiger partial charge in [-0.05, 0) is 37.1 Å². The molecule has 0 aromatic heterocycles. The van der Waals surface area contributed by atoms with E-state index >= 15 is 0 Å². The number of hydrogen-bond donors (Lipinski definition) is 2. The van der Waals surface area contributed by atoms with Crippen molar-refractivity contribution in [3.63, 3.8) is 0 Å². The van der Waals surface area contributed by atoms with Crippen molar-refractivity contribution in [1.29, 1.82) is 0 Å². The van der Waals surface area contributed by atoms with E-state index in [9.17, 15) is 17.6 Å². The first-order valence-corrected chi connectivity index (χ1v) is 4.91. The lowest BCUT2D eigenvalue weighted by Gasteiger charge is -2.23. The Balaban J connectivity index is 3.17. The first-order valence-electron chi connectivity index (χ1n) is 4.91. The van der Waals surface area contributed by atoms with Gasteiger partial charge in [-0.15, -0.1) is 0 Å². The molecule has 0 saturated carbocycles. The van der Waals surface area contributed by atoms with Gasteiger partial charge < -0.3 is 10.8 Å². The van der Waals surface area contributed by atoms with E-state index in [0.29, 0.717) is 6.07 Å². The van der Waals surface area contributed by atoms with Crippen molar-refractivity contribution in [3.8, 4) is 0 Å². The lowest BCUT2D eigenvalue weighted by atomic mass is 9.91. The van der Waals surface area contributed by atoms with Crippen molar-refractivity contribution in [2.45, 2.75) is 25.1 Å². The minimum absolute atomic E-state index is 0.253. The molecule has 0 amide bonds. The van der Waals surface area contributed by atoms with Crippen LogP contribution in [0.1, 0.15) is 18.1 Å². The molecule has 0 aliphatic heterocycles. The second-order valence-corrected chi connectivity index (χ2v) is 4.29. The van der Waals surface area contributed by atoms with Crippen LogP contribution in [0, 0.1) is 5.82 Å². The molecule has 1 unspecified atom stereocenters. The fraction of sp³-hybridized carbons (Fsp3) is 0.455. The molecule has 0 heterocycles. The van der Waals surface area contributed by atoms with Gasteiger partial charge in [-0.3, -0.25) is 0 Å². The zero-order valence-electron chi connectivity index (χ0n) is 9.18. The van der Waals surface area contributed by atoms with Gasteiger partial charge in [0.2, 0.25) is 0 Å². The Hall–Kier alpha value is -1.14. The van der Waals surface area contributed by atoms with Gasteiger partial charge in [-0.1, -0.05) is 0 Å². The molecule has 0 spiro atoms. The van der Waals surface area contributed by atoms with E-state index < -0.39 is 29.7 Å². The summed E-state index contributed by atoms with van der Waals surface area (Å²) in [5, 5.41) is 8.92. The highest BCUT2D eigenvalue weighted by atomic mass is 19.4. The zero-order chi connectivity index (χ0) is 13.3. The first-order chi connectivity index (χ1) is 7.65. The average Bonchev–Trinajstić information content (AvgIpc) is 2.15. The Morgan fingerprint density at radius 1 is 1.29 bits per heavy atom. The van der Waals surface area contributed by atoms with E-state index in [1.807, 2.05) is 0 Å². The Labute approximate surface area is 96.1 Å². The molecule has 0 saturated heterocycles. The quantitative estimate of drug-likeness (QED) is 0.808. The molecule has 6 heteroatoms. The summed E-state index contributed by atoms with van der Waals surface area (Å²) in [5.74, 6) is -0.762. The average molecular weight is 251 g/mol. The van der Waals surface area contributed by atoms with Crippen molar-refractivity contribution < 1.29 is 22.7 Å². The Morgan fingerprint density at radius 2 is 1.88 bits per heavy atom. The number of aliphatic hydroxyl groups is 1. The van der Waals surface area contributed by atoms with E-state index in [1.54, 1.807) is 0 Å². The molecular weight excluding hydrogens is 238 g/mol. The van der Waals surface area contributed by atoms with E-state index in [-0.39, 0.29) is 12.0 Å². The monoisotopic (exact) mass is 251 g/mol. The maximum Gasteiger partial charge on any atom is 0.416 e. The number of nitrogens with two attached hydrogens (primary N) is 1. The van der Waals surface area contributed by atoms with Crippen LogP contribution in [-0.4, -0.2) is 17.3 Å². The number of alkyl halides is 3. The van der Waals surface area contributed by atoms with Gasteiger partial charge in [-0.25, -0.2) is 4.39 Å². The minimum Gasteiger partial charge on any atom is -0.394 e. The van der Waals surface area contributed by atoms with Crippen molar-refractivity contribution in [1.82, 2.24) is 0 Å². The van der Waals surface area contributed by atoms with Crippen LogP contribution in [0.15, 0.2) is 18.2 Å². The second-order valence-electron chi connectivity index (χ2n) is 4.29. The standard InChI is InChI=1S/C11H13F4NO/c1-10(16,6-17)5-7-4-8(12)2-3-9(7)11(13,14)15/h2-4,17H,5-6,16H2,1H3. The summed E-state index contributed by atoms with van der Waals surface area (Å²) in [6, 6.07) is 2.22. The predicted octanol–water partition coefficient (Wildman–Crippen LogP) is 2.10. The van der Waals surface area contributed by atoms with E-state index in [1.165, 1.54) is 6.92 Å². The number of aliphatic hydroxyl groups excluding tert-OH is 1. The normalized spacial score (nSPS) is 15.7. The molecule has 1 aromatic carbocycles. The lowest BCUT2D eigenvalue weighted by molar-refractivity contribution is -0.138. The molecule has 3 N–H and O–H groups in total. The fourth-order valence-electron chi connectivity index (χ4n) is 1.48. The summed E-state index contributed by atoms with van der Waals surface area (Å²) in [7, 11) is 0. The topological polar surface area (TPSA) is 46.2 Å². The number of halogens is 4. The summed E-state index contributed by atoms with van der Waals surface area (Å²) in [5.41, 5.74) is 3.18. The molecule has 1 atom stereocenters. The third kappa shape index (κ3) is 3.67. The SMILES string of the molecule is CC(N)(CO)Cc1cc(F)ccc1C(F)(F)F. The van der Waals surface area contributed by atoms with Crippen LogP contribution in [0.4, 0.5) is 17.6 Å². The van der Waals surface area contributed by atoms with Crippen LogP contribution in [0.2, 0.25) is 0 Å². The largest absolute Gasteiger partial charge is 0.416 e. The number of rotatable bonds is 3. The van der Waals surface area contributed by atoms with Gasteiger partial charge in [0.1, 0.15) is 5.82 Å². The maximum atomic E-state index is 12.9. The predicted molar refractivity (Wildman–Crippen MR) is 54.8 cm³/mol. The summed E-state index contributed by atoms with van der Waals surface area (Å²) in [4.78, 5) is 0. The first kappa shape index (κ1) is 13.9. The van der Waals surface area contributed by atoms with Crippen LogP contribution in [0.5, 0.6) is 0 Å². The highest BCUT2D eigenvalue weighted by molar-refractivity contribution is 5.31. The Morgan fingerprint density at radius 3 is 2.35 bits per heavy atom. The zero-order valence-corrected chi connectivity index (χ0v) is 9.18. The third-order valence-electron chi connectivity index (χ3n) is 2.33. The smallest absolute Gasteiger partial charge is 0.394 e. The van der Waals surface area contributed by atoms with E-state index in [2.05, 4.69) is 0 Å². The summed E-state index contributed by atoms with van der Waals surface area (Å²) in [6.45, 7) is 0.916. The second kappa shape index (κ2) is 4.62. The van der Waals surface area contributed by atoms with Crippen LogP contribution in [0.3, 0.4) is 0 Å². The molecule has 0 radical (unpaired) electrons. The highest BCUT2D eigenvalue weighted by Crippen LogP contribution is 2.33. The van der Waals surface area contributed by atoms with Crippen molar-refractivity contribution in [2.75, 3.05) is 6.61 Å². The molecule has 1 aromatic rings. The summed E-state index contributed by atoms with van der Waals surface area (Å²) < 4.78 is 50.8. The van der Waals surface area contributed by atoms with Crippen LogP contribution < -0.4 is 5.73 Å². The molecule has 0 aliphatic rings. The van der Waals surface area contributed by atoms with Gasteiger partial charge in [0.25, 0.3) is 0 Å². The maximum absolute atomic E-state index is 12.9. The third-order valence-corrected chi connectivity index (χ3v) is 2.33. The van der Waals surface area contributed by atoms with Crippen LogP contribution in [-0.2, 0) is 12.6 Å². The lowest BCUT2D eigenvalue weighted by Crippen LogP contribution is -2.42. The molecule has 0 bridgehead atoms. The molecule has 2 nitrogen and oxygen atoms in total. The van der Waals surface area contributed by atoms with Crippen LogP contribution in [0.25, 0.3) is 0 Å².